The lowest BCUT2D eigenvalue weighted by molar-refractivity contribution is 0.794. The van der Waals surface area contributed by atoms with Gasteiger partial charge in [0.15, 0.2) is 0 Å². The van der Waals surface area contributed by atoms with Crippen LogP contribution in [0.3, 0.4) is 0 Å². The Morgan fingerprint density at radius 3 is 1.18 bits per heavy atom. The molecule has 9 rings (SSSR count). The summed E-state index contributed by atoms with van der Waals surface area (Å²) in [6.45, 7) is 0. The maximum atomic E-state index is 3.56. The van der Waals surface area contributed by atoms with Crippen molar-refractivity contribution >= 4 is 15.9 Å². The minimum Gasteiger partial charge on any atom is -0.0619 e. The molecule has 0 heterocycles. The molecule has 2 aliphatic rings. The van der Waals surface area contributed by atoms with Crippen LogP contribution in [0.2, 0.25) is 0 Å². The van der Waals surface area contributed by atoms with E-state index in [9.17, 15) is 0 Å². The van der Waals surface area contributed by atoms with Gasteiger partial charge in [0.05, 0.1) is 5.41 Å². The number of hydrogen-bond acceptors (Lipinski definition) is 0. The molecule has 0 nitrogen and oxygen atoms in total. The Hall–Kier alpha value is -4.98. The molecule has 0 radical (unpaired) electrons. The second kappa shape index (κ2) is 9.77. The van der Waals surface area contributed by atoms with E-state index >= 15 is 0 Å². The van der Waals surface area contributed by atoms with Crippen molar-refractivity contribution in [1.82, 2.24) is 0 Å². The van der Waals surface area contributed by atoms with Crippen molar-refractivity contribution in [3.8, 4) is 55.6 Å². The fourth-order valence-electron chi connectivity index (χ4n) is 7.67. The average molecular weight is 624 g/mol. The van der Waals surface area contributed by atoms with Crippen molar-refractivity contribution in [2.24, 2.45) is 0 Å². The molecule has 0 saturated carbocycles. The molecule has 0 saturated heterocycles. The second-order valence-electron chi connectivity index (χ2n) is 11.8. The first-order valence-corrected chi connectivity index (χ1v) is 15.9. The third-order valence-corrected chi connectivity index (χ3v) is 10.1. The minimum absolute atomic E-state index is 0.328. The van der Waals surface area contributed by atoms with Crippen molar-refractivity contribution < 1.29 is 0 Å². The summed E-state index contributed by atoms with van der Waals surface area (Å²) in [6.07, 6.45) is 0. The Kier molecular flexibility index (Phi) is 5.67. The van der Waals surface area contributed by atoms with Crippen LogP contribution < -0.4 is 0 Å². The lowest BCUT2D eigenvalue weighted by atomic mass is 9.70. The highest BCUT2D eigenvalue weighted by atomic mass is 79.9. The van der Waals surface area contributed by atoms with Gasteiger partial charge in [-0.15, -0.1) is 0 Å². The van der Waals surface area contributed by atoms with Crippen molar-refractivity contribution in [3.05, 3.63) is 191 Å². The summed E-state index contributed by atoms with van der Waals surface area (Å²) in [5.74, 6) is 0. The van der Waals surface area contributed by atoms with Crippen LogP contribution in [0.15, 0.2) is 168 Å². The van der Waals surface area contributed by atoms with Crippen LogP contribution >= 0.6 is 15.9 Å². The molecule has 0 aromatic heterocycles. The van der Waals surface area contributed by atoms with E-state index in [0.29, 0.717) is 0 Å². The molecular weight excluding hydrogens is 596 g/mol. The van der Waals surface area contributed by atoms with E-state index in [1.54, 1.807) is 0 Å². The van der Waals surface area contributed by atoms with Gasteiger partial charge in [0.25, 0.3) is 0 Å². The first kappa shape index (κ1) is 25.5. The predicted octanol–water partition coefficient (Wildman–Crippen LogP) is 11.8. The molecule has 0 N–H and O–H groups in total. The SMILES string of the molecule is Brc1ccc(-c2cccc(-c3cccc(-c4ccc5c(c4)C4(c6ccccc6-c6ccccc64)c4ccccc4-5)c3)c2)cc1. The van der Waals surface area contributed by atoms with Gasteiger partial charge in [-0.2, -0.15) is 0 Å². The summed E-state index contributed by atoms with van der Waals surface area (Å²) in [5.41, 5.74) is 17.8. The Balaban J connectivity index is 1.21. The van der Waals surface area contributed by atoms with E-state index < -0.39 is 0 Å². The normalized spacial score (nSPS) is 13.3. The molecule has 0 amide bonds. The van der Waals surface area contributed by atoms with E-state index in [-0.39, 0.29) is 5.41 Å². The van der Waals surface area contributed by atoms with Gasteiger partial charge < -0.3 is 0 Å². The topological polar surface area (TPSA) is 0 Å². The fraction of sp³-hybridized carbons (Fsp3) is 0.0233. The number of benzene rings is 7. The molecule has 1 heteroatoms. The lowest BCUT2D eigenvalue weighted by Crippen LogP contribution is -2.25. The molecule has 206 valence electrons. The average Bonchev–Trinajstić information content (AvgIpc) is 3.56. The van der Waals surface area contributed by atoms with Gasteiger partial charge in [-0.05, 0) is 108 Å². The summed E-state index contributed by atoms with van der Waals surface area (Å²) in [5, 5.41) is 0. The largest absolute Gasteiger partial charge is 0.0725 e. The first-order chi connectivity index (χ1) is 21.7. The number of hydrogen-bond donors (Lipinski definition) is 0. The Bertz CT molecular complexity index is 2170. The number of rotatable bonds is 3. The van der Waals surface area contributed by atoms with Crippen LogP contribution in [0.1, 0.15) is 22.3 Å². The molecule has 44 heavy (non-hydrogen) atoms. The van der Waals surface area contributed by atoms with Crippen molar-refractivity contribution in [3.63, 3.8) is 0 Å². The molecular formula is C43H27Br. The molecule has 0 bridgehead atoms. The van der Waals surface area contributed by atoms with Crippen LogP contribution in [0.5, 0.6) is 0 Å². The third kappa shape index (κ3) is 3.63. The summed E-state index contributed by atoms with van der Waals surface area (Å²) in [4.78, 5) is 0. The van der Waals surface area contributed by atoms with Crippen LogP contribution in [0.4, 0.5) is 0 Å². The van der Waals surface area contributed by atoms with Crippen molar-refractivity contribution in [2.75, 3.05) is 0 Å². The van der Waals surface area contributed by atoms with Gasteiger partial charge in [-0.25, -0.2) is 0 Å². The molecule has 0 fully saturated rings. The van der Waals surface area contributed by atoms with Crippen LogP contribution in [0.25, 0.3) is 55.6 Å². The van der Waals surface area contributed by atoms with Crippen LogP contribution in [0, 0.1) is 0 Å². The highest BCUT2D eigenvalue weighted by molar-refractivity contribution is 9.10. The third-order valence-electron chi connectivity index (χ3n) is 9.57. The quantitative estimate of drug-likeness (QED) is 0.184. The Morgan fingerprint density at radius 2 is 0.682 bits per heavy atom. The van der Waals surface area contributed by atoms with E-state index in [1.807, 2.05) is 0 Å². The van der Waals surface area contributed by atoms with Gasteiger partial charge in [-0.3, -0.25) is 0 Å². The smallest absolute Gasteiger partial charge is 0.0619 e. The van der Waals surface area contributed by atoms with Gasteiger partial charge >= 0.3 is 0 Å². The number of fused-ring (bicyclic) bond motifs is 10. The van der Waals surface area contributed by atoms with Crippen molar-refractivity contribution in [1.29, 1.82) is 0 Å². The molecule has 0 aliphatic heterocycles. The van der Waals surface area contributed by atoms with Gasteiger partial charge in [0.1, 0.15) is 0 Å². The predicted molar refractivity (Wildman–Crippen MR) is 187 cm³/mol. The molecule has 0 unspecified atom stereocenters. The Morgan fingerprint density at radius 1 is 0.295 bits per heavy atom. The number of halogens is 1. The van der Waals surface area contributed by atoms with E-state index in [0.717, 1.165) is 4.47 Å². The second-order valence-corrected chi connectivity index (χ2v) is 12.7. The van der Waals surface area contributed by atoms with Crippen LogP contribution in [-0.4, -0.2) is 0 Å². The lowest BCUT2D eigenvalue weighted by Gasteiger charge is -2.30. The standard InChI is InChI=1S/C43H27Br/c44-34-22-19-28(20-23-34)29-9-7-10-30(25-29)31-11-8-12-32(26-31)33-21-24-38-37-15-3-6-18-41(37)43(42(38)27-33)39-16-4-1-13-35(39)36-14-2-5-17-40(36)43/h1-27H. The zero-order valence-corrected chi connectivity index (χ0v) is 25.6. The van der Waals surface area contributed by atoms with Crippen molar-refractivity contribution in [2.45, 2.75) is 5.41 Å². The first-order valence-electron chi connectivity index (χ1n) is 15.1. The maximum absolute atomic E-state index is 3.56. The zero-order valence-electron chi connectivity index (χ0n) is 24.0. The highest BCUT2D eigenvalue weighted by Crippen LogP contribution is 2.63. The molecule has 1 spiro atoms. The molecule has 2 aliphatic carbocycles. The summed E-state index contributed by atoms with van der Waals surface area (Å²) >= 11 is 3.56. The zero-order chi connectivity index (χ0) is 29.3. The minimum atomic E-state index is -0.328. The molecule has 7 aromatic carbocycles. The highest BCUT2D eigenvalue weighted by Gasteiger charge is 2.51. The Labute approximate surface area is 266 Å². The molecule has 0 atom stereocenters. The van der Waals surface area contributed by atoms with Crippen LogP contribution in [-0.2, 0) is 5.41 Å². The summed E-state index contributed by atoms with van der Waals surface area (Å²) < 4.78 is 1.09. The van der Waals surface area contributed by atoms with Gasteiger partial charge in [-0.1, -0.05) is 149 Å². The summed E-state index contributed by atoms with van der Waals surface area (Å²) in [7, 11) is 0. The van der Waals surface area contributed by atoms with E-state index in [2.05, 4.69) is 180 Å². The monoisotopic (exact) mass is 622 g/mol. The maximum Gasteiger partial charge on any atom is 0.0725 e. The fourth-order valence-corrected chi connectivity index (χ4v) is 7.94. The van der Waals surface area contributed by atoms with E-state index in [1.165, 1.54) is 77.9 Å². The van der Waals surface area contributed by atoms with Gasteiger partial charge in [0.2, 0.25) is 0 Å². The molecule has 7 aromatic rings. The van der Waals surface area contributed by atoms with E-state index in [4.69, 9.17) is 0 Å². The summed E-state index contributed by atoms with van der Waals surface area (Å²) in [6, 6.07) is 60.5. The van der Waals surface area contributed by atoms with Gasteiger partial charge in [0, 0.05) is 4.47 Å².